The average molecular weight is 259 g/mol. The summed E-state index contributed by atoms with van der Waals surface area (Å²) in [5.74, 6) is 0. The molecule has 1 aliphatic heterocycles. The Morgan fingerprint density at radius 2 is 1.83 bits per heavy atom. The first kappa shape index (κ1) is 15.9. The van der Waals surface area contributed by atoms with Gasteiger partial charge in [0.05, 0.1) is 19.8 Å². The molecule has 0 amide bonds. The van der Waals surface area contributed by atoms with Crippen molar-refractivity contribution in [2.75, 3.05) is 40.0 Å². The number of rotatable bonds is 9. The Labute approximate surface area is 112 Å². The molecule has 4 nitrogen and oxygen atoms in total. The zero-order valence-electron chi connectivity index (χ0n) is 12.2. The summed E-state index contributed by atoms with van der Waals surface area (Å²) in [5, 5.41) is 0. The zero-order chi connectivity index (χ0) is 13.2. The van der Waals surface area contributed by atoms with Crippen LogP contribution in [0, 0.1) is 0 Å². The van der Waals surface area contributed by atoms with Crippen molar-refractivity contribution in [3.8, 4) is 0 Å². The summed E-state index contributed by atoms with van der Waals surface area (Å²) in [6, 6.07) is 0.642. The lowest BCUT2D eigenvalue weighted by Crippen LogP contribution is -2.40. The van der Waals surface area contributed by atoms with Crippen LogP contribution < -0.4 is 0 Å². The van der Waals surface area contributed by atoms with Crippen LogP contribution >= 0.6 is 0 Å². The molecule has 1 heterocycles. The van der Waals surface area contributed by atoms with Gasteiger partial charge in [-0.15, -0.1) is 0 Å². The van der Waals surface area contributed by atoms with E-state index in [0.717, 1.165) is 45.8 Å². The minimum Gasteiger partial charge on any atom is -0.383 e. The van der Waals surface area contributed by atoms with Gasteiger partial charge in [0, 0.05) is 32.7 Å². The van der Waals surface area contributed by atoms with Crippen molar-refractivity contribution in [3.05, 3.63) is 0 Å². The monoisotopic (exact) mass is 259 g/mol. The van der Waals surface area contributed by atoms with Gasteiger partial charge >= 0.3 is 0 Å². The third-order valence-electron chi connectivity index (χ3n) is 3.59. The normalized spacial score (nSPS) is 17.8. The molecule has 0 unspecified atom stereocenters. The van der Waals surface area contributed by atoms with Gasteiger partial charge in [0.2, 0.25) is 0 Å². The van der Waals surface area contributed by atoms with Crippen molar-refractivity contribution < 1.29 is 14.2 Å². The van der Waals surface area contributed by atoms with E-state index in [1.807, 2.05) is 0 Å². The van der Waals surface area contributed by atoms with Gasteiger partial charge in [-0.1, -0.05) is 13.8 Å². The van der Waals surface area contributed by atoms with E-state index in [1.54, 1.807) is 7.11 Å². The first-order valence-corrected chi connectivity index (χ1v) is 7.28. The fourth-order valence-corrected chi connectivity index (χ4v) is 2.47. The van der Waals surface area contributed by atoms with E-state index in [9.17, 15) is 0 Å². The number of hydrogen-bond donors (Lipinski definition) is 0. The molecule has 0 aromatic heterocycles. The Kier molecular flexibility index (Phi) is 8.59. The van der Waals surface area contributed by atoms with E-state index in [2.05, 4.69) is 18.7 Å². The van der Waals surface area contributed by atoms with Gasteiger partial charge in [-0.2, -0.15) is 0 Å². The van der Waals surface area contributed by atoms with Crippen LogP contribution in [0.15, 0.2) is 0 Å². The molecule has 0 bridgehead atoms. The molecule has 0 radical (unpaired) electrons. The Hall–Kier alpha value is -0.160. The molecule has 108 valence electrons. The summed E-state index contributed by atoms with van der Waals surface area (Å²) >= 11 is 0. The quantitative estimate of drug-likeness (QED) is 0.635. The van der Waals surface area contributed by atoms with Crippen molar-refractivity contribution >= 4 is 0 Å². The standard InChI is InChI=1S/C14H29NO3/c1-4-13(5-2)15(9-12-16-3)8-7-14-17-10-6-11-18-14/h13-14H,4-12H2,1-3H3. The largest absolute Gasteiger partial charge is 0.383 e. The van der Waals surface area contributed by atoms with E-state index >= 15 is 0 Å². The van der Waals surface area contributed by atoms with Gasteiger partial charge in [-0.05, 0) is 19.3 Å². The van der Waals surface area contributed by atoms with E-state index < -0.39 is 0 Å². The minimum absolute atomic E-state index is 0.00171. The van der Waals surface area contributed by atoms with Crippen molar-refractivity contribution in [3.63, 3.8) is 0 Å². The molecule has 0 aromatic rings. The summed E-state index contributed by atoms with van der Waals surface area (Å²) < 4.78 is 16.4. The molecule has 1 aliphatic rings. The molecule has 1 fully saturated rings. The third kappa shape index (κ3) is 5.65. The summed E-state index contributed by atoms with van der Waals surface area (Å²) in [6.45, 7) is 9.00. The molecule has 0 spiro atoms. The molecule has 4 heteroatoms. The highest BCUT2D eigenvalue weighted by molar-refractivity contribution is 4.70. The Balaban J connectivity index is 2.33. The second-order valence-electron chi connectivity index (χ2n) is 4.81. The maximum atomic E-state index is 5.60. The van der Waals surface area contributed by atoms with Crippen LogP contribution in [0.5, 0.6) is 0 Å². The van der Waals surface area contributed by atoms with E-state index in [0.29, 0.717) is 6.04 Å². The number of methoxy groups -OCH3 is 1. The van der Waals surface area contributed by atoms with Crippen LogP contribution in [-0.2, 0) is 14.2 Å². The van der Waals surface area contributed by atoms with E-state index in [-0.39, 0.29) is 6.29 Å². The highest BCUT2D eigenvalue weighted by Gasteiger charge is 2.19. The lowest BCUT2D eigenvalue weighted by atomic mass is 10.1. The number of nitrogens with zero attached hydrogens (tertiary/aromatic N) is 1. The molecule has 0 N–H and O–H groups in total. The summed E-state index contributed by atoms with van der Waals surface area (Å²) in [7, 11) is 1.76. The van der Waals surface area contributed by atoms with Crippen LogP contribution in [0.25, 0.3) is 0 Å². The molecule has 1 rings (SSSR count). The minimum atomic E-state index is -0.00171. The highest BCUT2D eigenvalue weighted by atomic mass is 16.7. The first-order chi connectivity index (χ1) is 8.81. The molecule has 0 saturated carbocycles. The lowest BCUT2D eigenvalue weighted by molar-refractivity contribution is -0.183. The number of ether oxygens (including phenoxy) is 3. The van der Waals surface area contributed by atoms with E-state index in [4.69, 9.17) is 14.2 Å². The summed E-state index contributed by atoms with van der Waals surface area (Å²) in [5.41, 5.74) is 0. The SMILES string of the molecule is CCC(CC)N(CCOC)CCC1OCCCO1. The third-order valence-corrected chi connectivity index (χ3v) is 3.59. The molecule has 0 atom stereocenters. The highest BCUT2D eigenvalue weighted by Crippen LogP contribution is 2.13. The van der Waals surface area contributed by atoms with Crippen molar-refractivity contribution in [1.29, 1.82) is 0 Å². The molecular weight excluding hydrogens is 230 g/mol. The maximum absolute atomic E-state index is 5.60. The second-order valence-corrected chi connectivity index (χ2v) is 4.81. The molecule has 0 aliphatic carbocycles. The van der Waals surface area contributed by atoms with Crippen LogP contribution in [0.3, 0.4) is 0 Å². The summed E-state index contributed by atoms with van der Waals surface area (Å²) in [4.78, 5) is 2.50. The molecular formula is C14H29NO3. The Bertz CT molecular complexity index is 191. The lowest BCUT2D eigenvalue weighted by Gasteiger charge is -2.32. The Morgan fingerprint density at radius 3 is 2.39 bits per heavy atom. The average Bonchev–Trinajstić information content (AvgIpc) is 2.43. The molecule has 1 saturated heterocycles. The predicted octanol–water partition coefficient (Wildman–Crippen LogP) is 2.28. The zero-order valence-corrected chi connectivity index (χ0v) is 12.2. The van der Waals surface area contributed by atoms with Crippen molar-refractivity contribution in [2.24, 2.45) is 0 Å². The van der Waals surface area contributed by atoms with Crippen LogP contribution in [0.1, 0.15) is 39.5 Å². The smallest absolute Gasteiger partial charge is 0.158 e. The number of hydrogen-bond acceptors (Lipinski definition) is 4. The topological polar surface area (TPSA) is 30.9 Å². The fraction of sp³-hybridized carbons (Fsp3) is 1.00. The van der Waals surface area contributed by atoms with Gasteiger partial charge in [-0.3, -0.25) is 4.90 Å². The first-order valence-electron chi connectivity index (χ1n) is 7.28. The van der Waals surface area contributed by atoms with E-state index in [1.165, 1.54) is 12.8 Å². The molecule has 0 aromatic carbocycles. The van der Waals surface area contributed by atoms with Gasteiger partial charge in [0.1, 0.15) is 0 Å². The van der Waals surface area contributed by atoms with Crippen LogP contribution in [-0.4, -0.2) is 57.3 Å². The van der Waals surface area contributed by atoms with Gasteiger partial charge in [0.15, 0.2) is 6.29 Å². The van der Waals surface area contributed by atoms with Crippen LogP contribution in [0.4, 0.5) is 0 Å². The van der Waals surface area contributed by atoms with Crippen LogP contribution in [0.2, 0.25) is 0 Å². The predicted molar refractivity (Wildman–Crippen MR) is 72.7 cm³/mol. The summed E-state index contributed by atoms with van der Waals surface area (Å²) in [6.07, 6.45) is 4.36. The fourth-order valence-electron chi connectivity index (χ4n) is 2.47. The van der Waals surface area contributed by atoms with Gasteiger partial charge < -0.3 is 14.2 Å². The second kappa shape index (κ2) is 9.73. The van der Waals surface area contributed by atoms with Crippen molar-refractivity contribution in [1.82, 2.24) is 4.90 Å². The van der Waals surface area contributed by atoms with Gasteiger partial charge in [0.25, 0.3) is 0 Å². The maximum Gasteiger partial charge on any atom is 0.158 e. The van der Waals surface area contributed by atoms with Gasteiger partial charge in [-0.25, -0.2) is 0 Å². The molecule has 18 heavy (non-hydrogen) atoms. The Morgan fingerprint density at radius 1 is 1.17 bits per heavy atom. The van der Waals surface area contributed by atoms with Crippen molar-refractivity contribution in [2.45, 2.75) is 51.9 Å².